The molecule has 0 spiro atoms. The second kappa shape index (κ2) is 19.5. The molecule has 0 saturated heterocycles. The number of anilines is 2. The molecule has 1 aliphatic rings. The highest BCUT2D eigenvalue weighted by Crippen LogP contribution is 2.56. The third-order valence-corrected chi connectivity index (χ3v) is 12.5. The van der Waals surface area contributed by atoms with Crippen LogP contribution in [0, 0.1) is 0 Å². The van der Waals surface area contributed by atoms with Crippen molar-refractivity contribution in [2.24, 2.45) is 0 Å². The number of hydrogen-bond donors (Lipinski definition) is 3. The highest BCUT2D eigenvalue weighted by molar-refractivity contribution is 5.84. The summed E-state index contributed by atoms with van der Waals surface area (Å²) in [5.74, 6) is -0.168. The molecule has 0 bridgehead atoms. The van der Waals surface area contributed by atoms with Gasteiger partial charge in [0.25, 0.3) is 0 Å². The lowest BCUT2D eigenvalue weighted by Crippen LogP contribution is -2.28. The molecule has 4 aromatic rings. The monoisotopic (exact) mass is 749 g/mol. The first-order valence-electron chi connectivity index (χ1n) is 21.2. The van der Waals surface area contributed by atoms with Crippen molar-refractivity contribution >= 4 is 11.4 Å². The van der Waals surface area contributed by atoms with Crippen LogP contribution < -0.4 is 10.6 Å². The molecular formula is C53H68N2O. The van der Waals surface area contributed by atoms with Crippen molar-refractivity contribution in [3.8, 4) is 11.1 Å². The average Bonchev–Trinajstić information content (AvgIpc) is 3.50. The van der Waals surface area contributed by atoms with Gasteiger partial charge >= 0.3 is 0 Å². The summed E-state index contributed by atoms with van der Waals surface area (Å²) < 4.78 is 0. The number of aliphatic hydroxyl groups is 1. The molecular weight excluding hydrogens is 681 g/mol. The number of fused-ring (bicyclic) bond motifs is 3. The van der Waals surface area contributed by atoms with E-state index in [0.717, 1.165) is 66.6 Å². The second-order valence-electron chi connectivity index (χ2n) is 16.5. The van der Waals surface area contributed by atoms with Crippen LogP contribution in [0.4, 0.5) is 11.4 Å². The van der Waals surface area contributed by atoms with Crippen LogP contribution in [0.25, 0.3) is 11.1 Å². The number of rotatable bonds is 21. The maximum absolute atomic E-state index is 10.8. The van der Waals surface area contributed by atoms with Crippen molar-refractivity contribution in [2.45, 2.75) is 116 Å². The van der Waals surface area contributed by atoms with Crippen molar-refractivity contribution < 1.29 is 5.11 Å². The van der Waals surface area contributed by atoms with Crippen LogP contribution in [0.2, 0.25) is 0 Å². The summed E-state index contributed by atoms with van der Waals surface area (Å²) in [5, 5.41) is 17.5. The number of aryl methyl sites for hydroxylation is 2. The molecule has 296 valence electrons. The van der Waals surface area contributed by atoms with Crippen LogP contribution in [0.5, 0.6) is 0 Å². The van der Waals surface area contributed by atoms with Crippen LogP contribution in [-0.4, -0.2) is 25.8 Å². The van der Waals surface area contributed by atoms with Gasteiger partial charge in [0.05, 0.1) is 18.0 Å². The number of nitrogens with one attached hydrogen (secondary N) is 2. The Morgan fingerprint density at radius 2 is 1.43 bits per heavy atom. The maximum atomic E-state index is 10.8. The zero-order valence-electron chi connectivity index (χ0n) is 35.5. The van der Waals surface area contributed by atoms with E-state index in [1.54, 1.807) is 0 Å². The fraction of sp³-hybridized carbons (Fsp3) is 0.396. The molecule has 0 heterocycles. The predicted octanol–water partition coefficient (Wildman–Crippen LogP) is 13.6. The molecule has 3 N–H and O–H groups in total. The zero-order chi connectivity index (χ0) is 40.3. The molecule has 5 rings (SSSR count). The van der Waals surface area contributed by atoms with Crippen molar-refractivity contribution in [3.63, 3.8) is 0 Å². The van der Waals surface area contributed by atoms with E-state index in [0.29, 0.717) is 0 Å². The summed E-state index contributed by atoms with van der Waals surface area (Å²) >= 11 is 0. The number of aliphatic hydroxyl groups excluding tert-OH is 1. The number of hydrogen-bond acceptors (Lipinski definition) is 3. The van der Waals surface area contributed by atoms with Gasteiger partial charge in [0.1, 0.15) is 0 Å². The Kier molecular flexibility index (Phi) is 14.8. The normalized spacial score (nSPS) is 15.6. The molecule has 2 atom stereocenters. The van der Waals surface area contributed by atoms with Crippen molar-refractivity contribution in [1.29, 1.82) is 0 Å². The van der Waals surface area contributed by atoms with Gasteiger partial charge < -0.3 is 15.7 Å². The predicted molar refractivity (Wildman–Crippen MR) is 245 cm³/mol. The van der Waals surface area contributed by atoms with E-state index in [-0.39, 0.29) is 23.4 Å². The van der Waals surface area contributed by atoms with E-state index in [9.17, 15) is 5.11 Å². The Labute approximate surface area is 339 Å². The van der Waals surface area contributed by atoms with Gasteiger partial charge in [0, 0.05) is 25.4 Å². The first-order chi connectivity index (χ1) is 27.1. The van der Waals surface area contributed by atoms with Gasteiger partial charge in [0.15, 0.2) is 0 Å². The minimum Gasteiger partial charge on any atom is -0.395 e. The average molecular weight is 749 g/mol. The fourth-order valence-electron chi connectivity index (χ4n) is 8.57. The lowest BCUT2D eigenvalue weighted by molar-refractivity contribution is 0.283. The highest BCUT2D eigenvalue weighted by atomic mass is 16.3. The SMILES string of the molecule is C=C(/C=C\C)C(=C)/C=C\C(CO)c1ccc2c(c1)C(CCCCc1ccc(NC)c(NC)c1)(c1cccc(CCCCCC)c1)c1cc(C(C)(C)CC)ccc1-2. The van der Waals surface area contributed by atoms with E-state index in [2.05, 4.69) is 136 Å². The van der Waals surface area contributed by atoms with Crippen molar-refractivity contribution in [2.75, 3.05) is 31.3 Å². The Morgan fingerprint density at radius 3 is 2.11 bits per heavy atom. The summed E-state index contributed by atoms with van der Waals surface area (Å²) in [6.45, 7) is 19.8. The van der Waals surface area contributed by atoms with Gasteiger partial charge in [-0.05, 0) is 124 Å². The van der Waals surface area contributed by atoms with Gasteiger partial charge in [-0.2, -0.15) is 0 Å². The molecule has 2 unspecified atom stereocenters. The van der Waals surface area contributed by atoms with E-state index < -0.39 is 0 Å². The topological polar surface area (TPSA) is 44.3 Å². The maximum Gasteiger partial charge on any atom is 0.0576 e. The molecule has 0 saturated carbocycles. The molecule has 3 heteroatoms. The minimum atomic E-state index is -0.334. The molecule has 1 aliphatic carbocycles. The lowest BCUT2D eigenvalue weighted by atomic mass is 9.67. The number of allylic oxidation sites excluding steroid dienone is 5. The van der Waals surface area contributed by atoms with E-state index >= 15 is 0 Å². The Balaban J connectivity index is 1.65. The third kappa shape index (κ3) is 9.32. The summed E-state index contributed by atoms with van der Waals surface area (Å²) in [7, 11) is 3.97. The number of unbranched alkanes of at least 4 members (excludes halogenated alkanes) is 4. The standard InChI is InChI=1S/C53H68N2O/c1-10-13-14-15-20-40-22-18-23-45(33-40)53(32-17-16-21-41-25-31-50(54-8)51(34-41)55-9)48-35-42(43(37-56)26-24-39(5)38(4)19-11-2)27-29-46(48)47-30-28-44(36-49(47)53)52(6,7)12-3/h11,18-19,22-31,33-36,43,54-56H,4-5,10,12-17,20-21,32,37H2,1-3,6-9H3/b19-11-,26-24-. The molecule has 56 heavy (non-hydrogen) atoms. The van der Waals surface area contributed by atoms with Gasteiger partial charge in [-0.3, -0.25) is 0 Å². The van der Waals surface area contributed by atoms with Crippen molar-refractivity contribution in [3.05, 3.63) is 166 Å². The minimum absolute atomic E-state index is 0.0155. The summed E-state index contributed by atoms with van der Waals surface area (Å²) in [5.41, 5.74) is 15.8. The van der Waals surface area contributed by atoms with Crippen LogP contribution in [0.15, 0.2) is 127 Å². The van der Waals surface area contributed by atoms with Gasteiger partial charge in [-0.1, -0.05) is 158 Å². The first-order valence-corrected chi connectivity index (χ1v) is 21.2. The van der Waals surface area contributed by atoms with Gasteiger partial charge in [-0.15, -0.1) is 0 Å². The smallest absolute Gasteiger partial charge is 0.0576 e. The number of benzene rings is 4. The largest absolute Gasteiger partial charge is 0.395 e. The first kappa shape index (κ1) is 42.5. The van der Waals surface area contributed by atoms with E-state index in [1.165, 1.54) is 70.2 Å². The van der Waals surface area contributed by atoms with Crippen LogP contribution in [0.1, 0.15) is 131 Å². The van der Waals surface area contributed by atoms with E-state index in [1.807, 2.05) is 39.2 Å². The quantitative estimate of drug-likeness (QED) is 0.0587. The molecule has 4 aromatic carbocycles. The second-order valence-corrected chi connectivity index (χ2v) is 16.5. The Morgan fingerprint density at radius 1 is 0.750 bits per heavy atom. The summed E-state index contributed by atoms with van der Waals surface area (Å²) in [6, 6.07) is 30.6. The van der Waals surface area contributed by atoms with Gasteiger partial charge in [0.2, 0.25) is 0 Å². The van der Waals surface area contributed by atoms with Crippen LogP contribution >= 0.6 is 0 Å². The summed E-state index contributed by atoms with van der Waals surface area (Å²) in [4.78, 5) is 0. The van der Waals surface area contributed by atoms with E-state index in [4.69, 9.17) is 0 Å². The molecule has 0 radical (unpaired) electrons. The van der Waals surface area contributed by atoms with Crippen molar-refractivity contribution in [1.82, 2.24) is 0 Å². The lowest BCUT2D eigenvalue weighted by Gasteiger charge is -2.35. The Bertz CT molecular complexity index is 2030. The summed E-state index contributed by atoms with van der Waals surface area (Å²) in [6.07, 6.45) is 19.4. The molecule has 0 aromatic heterocycles. The molecule has 0 fully saturated rings. The third-order valence-electron chi connectivity index (χ3n) is 12.5. The fourth-order valence-corrected chi connectivity index (χ4v) is 8.57. The highest BCUT2D eigenvalue weighted by Gasteiger charge is 2.45. The molecule has 3 nitrogen and oxygen atoms in total. The van der Waals surface area contributed by atoms with Crippen LogP contribution in [0.3, 0.4) is 0 Å². The molecule has 0 aliphatic heterocycles. The van der Waals surface area contributed by atoms with Crippen LogP contribution in [-0.2, 0) is 23.7 Å². The molecule has 0 amide bonds. The van der Waals surface area contributed by atoms with Gasteiger partial charge in [-0.25, -0.2) is 0 Å². The zero-order valence-corrected chi connectivity index (χ0v) is 35.5. The Hall–Kier alpha value is -4.60.